The Kier molecular flexibility index (Phi) is 6.01. The second-order valence-corrected chi connectivity index (χ2v) is 11.1. The molecule has 2 aliphatic heterocycles. The predicted molar refractivity (Wildman–Crippen MR) is 142 cm³/mol. The molecule has 3 atom stereocenters. The zero-order valence-electron chi connectivity index (χ0n) is 21.4. The van der Waals surface area contributed by atoms with Crippen LogP contribution in [-0.2, 0) is 16.0 Å². The number of H-pyrrole nitrogens is 1. The van der Waals surface area contributed by atoms with Crippen LogP contribution in [0.1, 0.15) is 79.2 Å². The number of aromatic nitrogens is 1. The van der Waals surface area contributed by atoms with E-state index in [4.69, 9.17) is 0 Å². The molecule has 3 aromatic rings. The molecule has 3 N–H and O–H groups in total. The van der Waals surface area contributed by atoms with E-state index in [-0.39, 0.29) is 35.7 Å². The van der Waals surface area contributed by atoms with E-state index in [0.717, 1.165) is 53.4 Å². The molecule has 3 aliphatic rings. The molecule has 1 unspecified atom stereocenters. The number of benzene rings is 2. The summed E-state index contributed by atoms with van der Waals surface area (Å²) in [5.74, 6) is -0.633. The van der Waals surface area contributed by atoms with Crippen LogP contribution in [0.5, 0.6) is 0 Å². The number of fused-ring (bicyclic) bond motifs is 7. The maximum Gasteiger partial charge on any atom is 0.255 e. The van der Waals surface area contributed by atoms with Crippen LogP contribution in [-0.4, -0.2) is 45.7 Å². The lowest BCUT2D eigenvalue weighted by Crippen LogP contribution is -2.58. The molecule has 7 nitrogen and oxygen atoms in total. The Labute approximate surface area is 217 Å². The van der Waals surface area contributed by atoms with E-state index in [9.17, 15) is 14.4 Å². The van der Waals surface area contributed by atoms with Crippen LogP contribution >= 0.6 is 0 Å². The van der Waals surface area contributed by atoms with E-state index < -0.39 is 12.1 Å². The summed E-state index contributed by atoms with van der Waals surface area (Å²) in [6.45, 7) is 3.90. The van der Waals surface area contributed by atoms with Crippen LogP contribution in [0.2, 0.25) is 0 Å². The summed E-state index contributed by atoms with van der Waals surface area (Å²) in [4.78, 5) is 46.1. The van der Waals surface area contributed by atoms with E-state index in [2.05, 4.69) is 21.7 Å². The van der Waals surface area contributed by atoms with Gasteiger partial charge in [0.15, 0.2) is 0 Å². The monoisotopic (exact) mass is 498 g/mol. The van der Waals surface area contributed by atoms with Gasteiger partial charge in [-0.15, -0.1) is 0 Å². The molecule has 6 rings (SSSR count). The summed E-state index contributed by atoms with van der Waals surface area (Å²) in [6.07, 6.45) is 5.82. The number of carbonyl (C=O) groups is 3. The number of para-hydroxylation sites is 1. The van der Waals surface area contributed by atoms with Gasteiger partial charge in [-0.25, -0.2) is 0 Å². The van der Waals surface area contributed by atoms with Crippen LogP contribution in [0.4, 0.5) is 0 Å². The van der Waals surface area contributed by atoms with Gasteiger partial charge in [-0.1, -0.05) is 69.5 Å². The first-order chi connectivity index (χ1) is 17.9. The zero-order chi connectivity index (χ0) is 25.7. The minimum atomic E-state index is -0.708. The predicted octanol–water partition coefficient (Wildman–Crippen LogP) is 4.23. The summed E-state index contributed by atoms with van der Waals surface area (Å²) in [5.41, 5.74) is 4.58. The van der Waals surface area contributed by atoms with Crippen molar-refractivity contribution in [3.63, 3.8) is 0 Å². The molecule has 0 spiro atoms. The van der Waals surface area contributed by atoms with Crippen molar-refractivity contribution in [2.45, 2.75) is 76.5 Å². The molecule has 0 saturated heterocycles. The van der Waals surface area contributed by atoms with Gasteiger partial charge >= 0.3 is 0 Å². The smallest absolute Gasteiger partial charge is 0.255 e. The first-order valence-electron chi connectivity index (χ1n) is 13.6. The molecule has 7 heteroatoms. The number of rotatable bonds is 5. The fraction of sp³-hybridized carbons (Fsp3) is 0.433. The van der Waals surface area contributed by atoms with Gasteiger partial charge in [-0.2, -0.15) is 0 Å². The van der Waals surface area contributed by atoms with Crippen molar-refractivity contribution in [2.24, 2.45) is 5.92 Å². The highest BCUT2D eigenvalue weighted by atomic mass is 16.2. The summed E-state index contributed by atoms with van der Waals surface area (Å²) in [7, 11) is 0. The lowest BCUT2D eigenvalue weighted by Gasteiger charge is -2.38. The Morgan fingerprint density at radius 2 is 1.73 bits per heavy atom. The van der Waals surface area contributed by atoms with Gasteiger partial charge in [-0.05, 0) is 42.0 Å². The Morgan fingerprint density at radius 3 is 2.51 bits per heavy atom. The average Bonchev–Trinajstić information content (AvgIpc) is 3.42. The largest absolute Gasteiger partial charge is 0.356 e. The van der Waals surface area contributed by atoms with E-state index in [1.54, 1.807) is 4.90 Å². The maximum absolute atomic E-state index is 13.9. The van der Waals surface area contributed by atoms with Gasteiger partial charge in [-0.3, -0.25) is 14.4 Å². The van der Waals surface area contributed by atoms with Gasteiger partial charge in [0, 0.05) is 34.6 Å². The molecule has 3 amide bonds. The second-order valence-electron chi connectivity index (χ2n) is 11.1. The van der Waals surface area contributed by atoms with Gasteiger partial charge in [0.05, 0.1) is 6.04 Å². The number of hydrogen-bond acceptors (Lipinski definition) is 3. The van der Waals surface area contributed by atoms with E-state index >= 15 is 0 Å². The fourth-order valence-electron chi connectivity index (χ4n) is 6.46. The lowest BCUT2D eigenvalue weighted by atomic mass is 9.89. The third kappa shape index (κ3) is 4.01. The van der Waals surface area contributed by atoms with E-state index in [1.807, 2.05) is 56.3 Å². The first kappa shape index (κ1) is 23.8. The van der Waals surface area contributed by atoms with Crippen molar-refractivity contribution in [3.05, 3.63) is 70.9 Å². The van der Waals surface area contributed by atoms with Gasteiger partial charge in [0.2, 0.25) is 11.8 Å². The normalized spacial score (nSPS) is 21.9. The van der Waals surface area contributed by atoms with Crippen molar-refractivity contribution in [1.29, 1.82) is 0 Å². The molecule has 1 fully saturated rings. The lowest BCUT2D eigenvalue weighted by molar-refractivity contribution is -0.133. The van der Waals surface area contributed by atoms with Gasteiger partial charge in [0.1, 0.15) is 12.1 Å². The second kappa shape index (κ2) is 9.36. The van der Waals surface area contributed by atoms with Crippen LogP contribution in [0.15, 0.2) is 48.5 Å². The summed E-state index contributed by atoms with van der Waals surface area (Å²) >= 11 is 0. The highest BCUT2D eigenvalue weighted by Crippen LogP contribution is 2.46. The number of aromatic amines is 1. The topological polar surface area (TPSA) is 94.3 Å². The molecular formula is C30H34N4O3. The van der Waals surface area contributed by atoms with Crippen LogP contribution in [0, 0.1) is 5.92 Å². The minimum absolute atomic E-state index is 0.0814. The number of nitrogens with one attached hydrogen (secondary N) is 3. The molecule has 192 valence electrons. The number of hydrogen-bond donors (Lipinski definition) is 3. The molecule has 0 bridgehead atoms. The molecule has 0 radical (unpaired) electrons. The van der Waals surface area contributed by atoms with Crippen molar-refractivity contribution in [1.82, 2.24) is 20.5 Å². The Bertz CT molecular complexity index is 1370. The Morgan fingerprint density at radius 1 is 1.00 bits per heavy atom. The highest BCUT2D eigenvalue weighted by Gasteiger charge is 2.49. The Hall–Kier alpha value is -3.61. The highest BCUT2D eigenvalue weighted by molar-refractivity contribution is 6.04. The molecule has 37 heavy (non-hydrogen) atoms. The number of carbonyl (C=O) groups excluding carboxylic acids is 3. The number of nitrogens with zero attached hydrogens (tertiary/aromatic N) is 1. The summed E-state index contributed by atoms with van der Waals surface area (Å²) in [5, 5.41) is 7.30. The molecule has 2 aromatic carbocycles. The van der Waals surface area contributed by atoms with Crippen molar-refractivity contribution < 1.29 is 14.4 Å². The Balaban J connectivity index is 1.33. The summed E-state index contributed by atoms with van der Waals surface area (Å²) < 4.78 is 0. The summed E-state index contributed by atoms with van der Waals surface area (Å²) in [6, 6.07) is 14.1. The standard InChI is InChI=1S/C30H34N4O3/c1-17(2)25(29(36)31-18-10-4-3-5-11-18)33-28(35)24-16-22-19-12-8-9-15-23(19)32-26(22)27-20-13-6-7-14-21(20)30(37)34(24)27/h6-9,12-15,17-18,24-25,27,32H,3-5,10-11,16H2,1-2H3,(H,31,36)(H,33,35)/t24-,25-,27?/m0/s1. The van der Waals surface area contributed by atoms with Crippen LogP contribution in [0.25, 0.3) is 10.9 Å². The van der Waals surface area contributed by atoms with Crippen LogP contribution in [0.3, 0.4) is 0 Å². The fourth-order valence-corrected chi connectivity index (χ4v) is 6.46. The van der Waals surface area contributed by atoms with Crippen molar-refractivity contribution in [3.8, 4) is 0 Å². The SMILES string of the molecule is CC(C)[C@H](NC(=O)[C@@H]1Cc2c([nH]c3ccccc23)C2c3ccccc3C(=O)N21)C(=O)NC1CCCCC1. The third-order valence-corrected chi connectivity index (χ3v) is 8.35. The van der Waals surface area contributed by atoms with Gasteiger partial charge in [0.25, 0.3) is 5.91 Å². The third-order valence-electron chi connectivity index (χ3n) is 8.35. The van der Waals surface area contributed by atoms with Gasteiger partial charge < -0.3 is 20.5 Å². The molecule has 1 saturated carbocycles. The molecular weight excluding hydrogens is 464 g/mol. The molecule has 3 heterocycles. The molecule has 1 aliphatic carbocycles. The zero-order valence-corrected chi connectivity index (χ0v) is 21.4. The van der Waals surface area contributed by atoms with E-state index in [0.29, 0.717) is 12.0 Å². The van der Waals surface area contributed by atoms with Crippen molar-refractivity contribution >= 4 is 28.6 Å². The maximum atomic E-state index is 13.9. The van der Waals surface area contributed by atoms with Crippen molar-refractivity contribution in [2.75, 3.05) is 0 Å². The van der Waals surface area contributed by atoms with E-state index in [1.165, 1.54) is 6.42 Å². The van der Waals surface area contributed by atoms with Crippen LogP contribution < -0.4 is 10.6 Å². The minimum Gasteiger partial charge on any atom is -0.356 e. The first-order valence-corrected chi connectivity index (χ1v) is 13.6. The molecule has 1 aromatic heterocycles. The number of amides is 3. The quantitative estimate of drug-likeness (QED) is 0.491. The average molecular weight is 499 g/mol.